The van der Waals surface area contributed by atoms with Gasteiger partial charge in [0.25, 0.3) is 5.56 Å². The number of aryl methyl sites for hydroxylation is 1. The lowest BCUT2D eigenvalue weighted by molar-refractivity contribution is -0.122. The Bertz CT molecular complexity index is 1290. The van der Waals surface area contributed by atoms with Gasteiger partial charge in [-0.25, -0.2) is 4.68 Å². The Morgan fingerprint density at radius 2 is 2.17 bits per heavy atom. The summed E-state index contributed by atoms with van der Waals surface area (Å²) in [6, 6.07) is 12.7. The van der Waals surface area contributed by atoms with Crippen LogP contribution in [0.25, 0.3) is 21.5 Å². The SMILES string of the molecule is O=C(Cn1nc(-c2cccs2)ccc1=O)N[C@H]1CCCc2c1[nH]c1c(Cl)cccc21. The van der Waals surface area contributed by atoms with Gasteiger partial charge in [0.1, 0.15) is 12.2 Å². The fourth-order valence-corrected chi connectivity index (χ4v) is 5.00. The molecule has 1 aliphatic rings. The molecule has 0 saturated carbocycles. The number of aromatic nitrogens is 3. The summed E-state index contributed by atoms with van der Waals surface area (Å²) < 4.78 is 1.22. The molecule has 4 aromatic rings. The highest BCUT2D eigenvalue weighted by atomic mass is 35.5. The maximum atomic E-state index is 12.8. The van der Waals surface area contributed by atoms with E-state index in [4.69, 9.17) is 11.6 Å². The largest absolute Gasteiger partial charge is 0.355 e. The van der Waals surface area contributed by atoms with Crippen molar-refractivity contribution >= 4 is 39.7 Å². The Balaban J connectivity index is 1.39. The van der Waals surface area contributed by atoms with Gasteiger partial charge in [0.15, 0.2) is 0 Å². The average Bonchev–Trinajstić information content (AvgIpc) is 3.39. The summed E-state index contributed by atoms with van der Waals surface area (Å²) in [5, 5.41) is 11.2. The minimum Gasteiger partial charge on any atom is -0.355 e. The normalized spacial score (nSPS) is 15.8. The molecule has 1 aliphatic carbocycles. The molecule has 1 aromatic carbocycles. The first-order chi connectivity index (χ1) is 14.6. The van der Waals surface area contributed by atoms with Gasteiger partial charge in [0, 0.05) is 17.1 Å². The molecule has 3 heterocycles. The lowest BCUT2D eigenvalue weighted by atomic mass is 9.91. The van der Waals surface area contributed by atoms with Crippen LogP contribution in [0.2, 0.25) is 5.02 Å². The van der Waals surface area contributed by atoms with E-state index >= 15 is 0 Å². The molecule has 3 aromatic heterocycles. The van der Waals surface area contributed by atoms with Crippen LogP contribution in [0.5, 0.6) is 0 Å². The summed E-state index contributed by atoms with van der Waals surface area (Å²) in [4.78, 5) is 29.4. The first-order valence-corrected chi connectivity index (χ1v) is 11.1. The van der Waals surface area contributed by atoms with Crippen LogP contribution in [0.4, 0.5) is 0 Å². The van der Waals surface area contributed by atoms with E-state index < -0.39 is 0 Å². The molecule has 0 fully saturated rings. The molecule has 5 rings (SSSR count). The standard InChI is InChI=1S/C22H19ClN4O2S/c23-15-6-1-4-13-14-5-2-7-17(22(14)25-21(13)15)24-19(28)12-27-20(29)10-9-16(26-27)18-8-3-11-30-18/h1,3-4,6,8-11,17,25H,2,5,7,12H2,(H,24,28)/t17-/m0/s1. The summed E-state index contributed by atoms with van der Waals surface area (Å²) in [6.45, 7) is -0.120. The van der Waals surface area contributed by atoms with E-state index in [9.17, 15) is 9.59 Å². The van der Waals surface area contributed by atoms with E-state index in [2.05, 4.69) is 21.5 Å². The molecule has 0 aliphatic heterocycles. The van der Waals surface area contributed by atoms with Crippen LogP contribution in [0.1, 0.15) is 30.1 Å². The van der Waals surface area contributed by atoms with Crippen molar-refractivity contribution in [2.45, 2.75) is 31.8 Å². The summed E-state index contributed by atoms with van der Waals surface area (Å²) >= 11 is 7.89. The van der Waals surface area contributed by atoms with Crippen molar-refractivity contribution in [1.29, 1.82) is 0 Å². The van der Waals surface area contributed by atoms with Crippen molar-refractivity contribution in [3.05, 3.63) is 74.5 Å². The summed E-state index contributed by atoms with van der Waals surface area (Å²) in [5.74, 6) is -0.240. The van der Waals surface area contributed by atoms with Crippen molar-refractivity contribution in [1.82, 2.24) is 20.1 Å². The second-order valence-electron chi connectivity index (χ2n) is 7.38. The number of hydrogen-bond donors (Lipinski definition) is 2. The van der Waals surface area contributed by atoms with Gasteiger partial charge >= 0.3 is 0 Å². The maximum absolute atomic E-state index is 12.8. The lowest BCUT2D eigenvalue weighted by Crippen LogP contribution is -2.36. The molecule has 0 radical (unpaired) electrons. The fourth-order valence-electron chi connectivity index (χ4n) is 4.09. The Kier molecular flexibility index (Phi) is 4.92. The third kappa shape index (κ3) is 3.44. The third-order valence-corrected chi connectivity index (χ3v) is 6.67. The molecular weight excluding hydrogens is 420 g/mol. The van der Waals surface area contributed by atoms with Gasteiger partial charge in [0.05, 0.1) is 21.5 Å². The number of aromatic amines is 1. The average molecular weight is 439 g/mol. The zero-order valence-corrected chi connectivity index (χ0v) is 17.6. The van der Waals surface area contributed by atoms with Gasteiger partial charge < -0.3 is 10.3 Å². The van der Waals surface area contributed by atoms with E-state index in [1.165, 1.54) is 27.6 Å². The van der Waals surface area contributed by atoms with E-state index in [1.54, 1.807) is 6.07 Å². The zero-order valence-electron chi connectivity index (χ0n) is 16.0. The summed E-state index contributed by atoms with van der Waals surface area (Å²) in [7, 11) is 0. The van der Waals surface area contributed by atoms with Crippen LogP contribution in [0.15, 0.2) is 52.6 Å². The molecule has 152 valence electrons. The fraction of sp³-hybridized carbons (Fsp3) is 0.227. The zero-order chi connectivity index (χ0) is 20.7. The first kappa shape index (κ1) is 19.1. The molecule has 6 nitrogen and oxygen atoms in total. The maximum Gasteiger partial charge on any atom is 0.267 e. The second kappa shape index (κ2) is 7.74. The predicted molar refractivity (Wildman–Crippen MR) is 119 cm³/mol. The number of benzene rings is 1. The smallest absolute Gasteiger partial charge is 0.267 e. The number of amides is 1. The molecule has 0 spiro atoms. The van der Waals surface area contributed by atoms with E-state index in [0.717, 1.165) is 40.7 Å². The number of thiophene rings is 1. The molecular formula is C22H19ClN4O2S. The molecule has 0 bridgehead atoms. The van der Waals surface area contributed by atoms with E-state index in [0.29, 0.717) is 10.7 Å². The quantitative estimate of drug-likeness (QED) is 0.498. The Morgan fingerprint density at radius 1 is 1.27 bits per heavy atom. The monoisotopic (exact) mass is 438 g/mol. The summed E-state index contributed by atoms with van der Waals surface area (Å²) in [5.41, 5.74) is 3.51. The lowest BCUT2D eigenvalue weighted by Gasteiger charge is -2.24. The summed E-state index contributed by atoms with van der Waals surface area (Å²) in [6.07, 6.45) is 2.76. The van der Waals surface area contributed by atoms with Gasteiger partial charge in [-0.1, -0.05) is 29.8 Å². The van der Waals surface area contributed by atoms with Crippen LogP contribution in [-0.4, -0.2) is 20.7 Å². The molecule has 1 amide bonds. The van der Waals surface area contributed by atoms with Crippen molar-refractivity contribution in [3.63, 3.8) is 0 Å². The van der Waals surface area contributed by atoms with Gasteiger partial charge in [-0.2, -0.15) is 5.10 Å². The minimum absolute atomic E-state index is 0.120. The first-order valence-electron chi connectivity index (χ1n) is 9.80. The number of H-pyrrole nitrogens is 1. The third-order valence-electron chi connectivity index (χ3n) is 5.46. The highest BCUT2D eigenvalue weighted by molar-refractivity contribution is 7.13. The Hall–Kier alpha value is -2.90. The number of rotatable bonds is 4. The molecule has 1 atom stereocenters. The topological polar surface area (TPSA) is 79.8 Å². The molecule has 30 heavy (non-hydrogen) atoms. The number of carbonyl (C=O) groups excluding carboxylic acids is 1. The highest BCUT2D eigenvalue weighted by Gasteiger charge is 2.26. The minimum atomic E-state index is -0.299. The number of halogens is 1. The molecule has 2 N–H and O–H groups in total. The van der Waals surface area contributed by atoms with Crippen LogP contribution >= 0.6 is 22.9 Å². The van der Waals surface area contributed by atoms with E-state index in [-0.39, 0.29) is 24.1 Å². The number of fused-ring (bicyclic) bond motifs is 3. The van der Waals surface area contributed by atoms with Crippen molar-refractivity contribution in [2.75, 3.05) is 0 Å². The second-order valence-corrected chi connectivity index (χ2v) is 8.74. The van der Waals surface area contributed by atoms with Gasteiger partial charge in [-0.05, 0) is 48.4 Å². The predicted octanol–water partition coefficient (Wildman–Crippen LogP) is 4.30. The van der Waals surface area contributed by atoms with Gasteiger partial charge in [-0.3, -0.25) is 9.59 Å². The van der Waals surface area contributed by atoms with Crippen molar-refractivity contribution < 1.29 is 4.79 Å². The van der Waals surface area contributed by atoms with Gasteiger partial charge in [0.2, 0.25) is 5.91 Å². The number of nitrogens with zero attached hydrogens (tertiary/aromatic N) is 2. The Morgan fingerprint density at radius 3 is 3.00 bits per heavy atom. The van der Waals surface area contributed by atoms with Crippen LogP contribution in [0.3, 0.4) is 0 Å². The number of hydrogen-bond acceptors (Lipinski definition) is 4. The van der Waals surface area contributed by atoms with Gasteiger partial charge in [-0.15, -0.1) is 11.3 Å². The number of para-hydroxylation sites is 1. The van der Waals surface area contributed by atoms with Crippen LogP contribution in [-0.2, 0) is 17.8 Å². The van der Waals surface area contributed by atoms with Crippen molar-refractivity contribution in [2.24, 2.45) is 0 Å². The van der Waals surface area contributed by atoms with Crippen molar-refractivity contribution in [3.8, 4) is 10.6 Å². The molecule has 0 saturated heterocycles. The molecule has 0 unspecified atom stereocenters. The highest BCUT2D eigenvalue weighted by Crippen LogP contribution is 2.36. The Labute approximate surface area is 181 Å². The number of nitrogens with one attached hydrogen (secondary N) is 2. The van der Waals surface area contributed by atoms with E-state index in [1.807, 2.05) is 29.6 Å². The van der Waals surface area contributed by atoms with Crippen LogP contribution < -0.4 is 10.9 Å². The molecule has 8 heteroatoms. The number of carbonyl (C=O) groups is 1. The van der Waals surface area contributed by atoms with Crippen LogP contribution in [0, 0.1) is 0 Å².